The van der Waals surface area contributed by atoms with E-state index >= 15 is 0 Å². The first-order chi connectivity index (χ1) is 8.83. The van der Waals surface area contributed by atoms with Crippen molar-refractivity contribution in [1.82, 2.24) is 10.9 Å². The topological polar surface area (TPSA) is 44.3 Å². The number of phenols is 1. The standard InChI is InChI=1S/C15H14N2O/c18-13-8-4-7-12(9-13)15-10-14(16-17-15)11-5-2-1-3-6-11/h1-10,15-18H. The van der Waals surface area contributed by atoms with E-state index in [1.54, 1.807) is 12.1 Å². The predicted molar refractivity (Wildman–Crippen MR) is 71.5 cm³/mol. The molecule has 18 heavy (non-hydrogen) atoms. The molecule has 0 aromatic heterocycles. The van der Waals surface area contributed by atoms with Gasteiger partial charge in [-0.3, -0.25) is 0 Å². The Morgan fingerprint density at radius 3 is 2.56 bits per heavy atom. The molecule has 1 atom stereocenters. The third kappa shape index (κ3) is 2.08. The minimum atomic E-state index is 0.0762. The lowest BCUT2D eigenvalue weighted by atomic mass is 10.1. The predicted octanol–water partition coefficient (Wildman–Crippen LogP) is 2.58. The number of benzene rings is 2. The molecule has 0 saturated carbocycles. The first kappa shape index (κ1) is 10.9. The SMILES string of the molecule is Oc1cccc(C2C=C(c3ccccc3)NN2)c1. The van der Waals surface area contributed by atoms with Crippen molar-refractivity contribution in [2.24, 2.45) is 0 Å². The Morgan fingerprint density at radius 2 is 1.78 bits per heavy atom. The summed E-state index contributed by atoms with van der Waals surface area (Å²) >= 11 is 0. The van der Waals surface area contributed by atoms with E-state index in [9.17, 15) is 5.11 Å². The van der Waals surface area contributed by atoms with Crippen LogP contribution in [0.25, 0.3) is 5.70 Å². The molecule has 1 heterocycles. The summed E-state index contributed by atoms with van der Waals surface area (Å²) in [5, 5.41) is 9.49. The second kappa shape index (κ2) is 4.55. The van der Waals surface area contributed by atoms with Crippen LogP contribution < -0.4 is 10.9 Å². The third-order valence-corrected chi connectivity index (χ3v) is 3.01. The van der Waals surface area contributed by atoms with E-state index in [0.717, 1.165) is 16.8 Å². The summed E-state index contributed by atoms with van der Waals surface area (Å²) in [5.74, 6) is 0.288. The lowest BCUT2D eigenvalue weighted by Gasteiger charge is -2.09. The van der Waals surface area contributed by atoms with Crippen molar-refractivity contribution in [3.05, 3.63) is 71.8 Å². The van der Waals surface area contributed by atoms with Crippen molar-refractivity contribution < 1.29 is 5.11 Å². The van der Waals surface area contributed by atoms with Crippen LogP contribution in [0.2, 0.25) is 0 Å². The van der Waals surface area contributed by atoms with Crippen molar-refractivity contribution in [2.75, 3.05) is 0 Å². The summed E-state index contributed by atoms with van der Waals surface area (Å²) in [6, 6.07) is 17.5. The number of aromatic hydroxyl groups is 1. The molecule has 1 aliphatic heterocycles. The number of phenolic OH excluding ortho intramolecular Hbond substituents is 1. The Kier molecular flexibility index (Phi) is 2.74. The fraction of sp³-hybridized carbons (Fsp3) is 0.0667. The summed E-state index contributed by atoms with van der Waals surface area (Å²) in [6.07, 6.45) is 2.12. The molecule has 0 aliphatic carbocycles. The maximum Gasteiger partial charge on any atom is 0.115 e. The van der Waals surface area contributed by atoms with Gasteiger partial charge in [-0.05, 0) is 29.3 Å². The van der Waals surface area contributed by atoms with Gasteiger partial charge in [-0.25, -0.2) is 5.43 Å². The van der Waals surface area contributed by atoms with E-state index in [1.165, 1.54) is 0 Å². The second-order valence-electron chi connectivity index (χ2n) is 4.29. The van der Waals surface area contributed by atoms with Gasteiger partial charge in [0.15, 0.2) is 0 Å². The highest BCUT2D eigenvalue weighted by Gasteiger charge is 2.17. The minimum Gasteiger partial charge on any atom is -0.508 e. The van der Waals surface area contributed by atoms with Crippen molar-refractivity contribution in [2.45, 2.75) is 6.04 Å². The highest BCUT2D eigenvalue weighted by atomic mass is 16.3. The van der Waals surface area contributed by atoms with Gasteiger partial charge in [0.25, 0.3) is 0 Å². The molecule has 0 spiro atoms. The van der Waals surface area contributed by atoms with E-state index in [4.69, 9.17) is 0 Å². The Morgan fingerprint density at radius 1 is 0.944 bits per heavy atom. The van der Waals surface area contributed by atoms with Crippen molar-refractivity contribution in [3.8, 4) is 5.75 Å². The van der Waals surface area contributed by atoms with Crippen molar-refractivity contribution in [3.63, 3.8) is 0 Å². The molecular formula is C15H14N2O. The average Bonchev–Trinajstić information content (AvgIpc) is 2.89. The zero-order chi connectivity index (χ0) is 12.4. The molecule has 0 amide bonds. The van der Waals surface area contributed by atoms with E-state index in [-0.39, 0.29) is 11.8 Å². The molecule has 1 aliphatic rings. The third-order valence-electron chi connectivity index (χ3n) is 3.01. The highest BCUT2D eigenvalue weighted by molar-refractivity contribution is 5.66. The summed E-state index contributed by atoms with van der Waals surface area (Å²) in [6.45, 7) is 0. The van der Waals surface area contributed by atoms with Crippen molar-refractivity contribution in [1.29, 1.82) is 0 Å². The van der Waals surface area contributed by atoms with E-state index in [0.29, 0.717) is 0 Å². The average molecular weight is 238 g/mol. The number of hydrazine groups is 1. The maximum absolute atomic E-state index is 9.49. The molecule has 3 heteroatoms. The summed E-state index contributed by atoms with van der Waals surface area (Å²) < 4.78 is 0. The zero-order valence-electron chi connectivity index (χ0n) is 9.80. The van der Waals surface area contributed by atoms with Gasteiger partial charge in [0.1, 0.15) is 5.75 Å². The first-order valence-electron chi connectivity index (χ1n) is 5.91. The van der Waals surface area contributed by atoms with E-state index in [2.05, 4.69) is 29.1 Å². The fourth-order valence-corrected chi connectivity index (χ4v) is 2.09. The van der Waals surface area contributed by atoms with Crippen LogP contribution in [0.5, 0.6) is 5.75 Å². The lowest BCUT2D eigenvalue weighted by molar-refractivity contribution is 0.473. The molecule has 3 rings (SSSR count). The Hall–Kier alpha value is -2.26. The van der Waals surface area contributed by atoms with Crippen LogP contribution in [-0.2, 0) is 0 Å². The van der Waals surface area contributed by atoms with Gasteiger partial charge in [-0.2, -0.15) is 0 Å². The molecule has 2 aromatic carbocycles. The number of hydrogen-bond donors (Lipinski definition) is 3. The molecule has 90 valence electrons. The molecule has 0 saturated heterocycles. The zero-order valence-corrected chi connectivity index (χ0v) is 9.80. The molecule has 0 fully saturated rings. The highest BCUT2D eigenvalue weighted by Crippen LogP contribution is 2.25. The van der Waals surface area contributed by atoms with Gasteiger partial charge in [-0.15, -0.1) is 0 Å². The van der Waals surface area contributed by atoms with Gasteiger partial charge in [0.05, 0.1) is 11.7 Å². The van der Waals surface area contributed by atoms with Gasteiger partial charge < -0.3 is 10.5 Å². The Labute approximate surface area is 106 Å². The molecule has 3 nitrogen and oxygen atoms in total. The molecule has 0 radical (unpaired) electrons. The van der Waals surface area contributed by atoms with E-state index in [1.807, 2.05) is 30.3 Å². The number of rotatable bonds is 2. The second-order valence-corrected chi connectivity index (χ2v) is 4.29. The Balaban J connectivity index is 1.88. The molecule has 1 unspecified atom stereocenters. The van der Waals surface area contributed by atoms with Crippen LogP contribution in [-0.4, -0.2) is 5.11 Å². The quantitative estimate of drug-likeness (QED) is 0.753. The smallest absolute Gasteiger partial charge is 0.115 e. The molecule has 3 N–H and O–H groups in total. The summed E-state index contributed by atoms with van der Waals surface area (Å²) in [5.41, 5.74) is 9.61. The molecule has 0 bridgehead atoms. The van der Waals surface area contributed by atoms with Gasteiger partial charge >= 0.3 is 0 Å². The van der Waals surface area contributed by atoms with Crippen LogP contribution in [0, 0.1) is 0 Å². The Bertz CT molecular complexity index is 578. The van der Waals surface area contributed by atoms with Gasteiger partial charge in [0, 0.05) is 0 Å². The molecular weight excluding hydrogens is 224 g/mol. The normalized spacial score (nSPS) is 18.2. The van der Waals surface area contributed by atoms with Gasteiger partial charge in [0.2, 0.25) is 0 Å². The van der Waals surface area contributed by atoms with Crippen LogP contribution in [0.1, 0.15) is 17.2 Å². The number of hydrogen-bond acceptors (Lipinski definition) is 3. The van der Waals surface area contributed by atoms with Crippen LogP contribution in [0.3, 0.4) is 0 Å². The lowest BCUT2D eigenvalue weighted by Crippen LogP contribution is -2.26. The largest absolute Gasteiger partial charge is 0.508 e. The van der Waals surface area contributed by atoms with Crippen LogP contribution >= 0.6 is 0 Å². The summed E-state index contributed by atoms with van der Waals surface area (Å²) in [7, 11) is 0. The maximum atomic E-state index is 9.49. The minimum absolute atomic E-state index is 0.0762. The summed E-state index contributed by atoms with van der Waals surface area (Å²) in [4.78, 5) is 0. The van der Waals surface area contributed by atoms with Gasteiger partial charge in [-0.1, -0.05) is 42.5 Å². The monoisotopic (exact) mass is 238 g/mol. The van der Waals surface area contributed by atoms with Crippen LogP contribution in [0.15, 0.2) is 60.7 Å². The van der Waals surface area contributed by atoms with Crippen LogP contribution in [0.4, 0.5) is 0 Å². The van der Waals surface area contributed by atoms with E-state index < -0.39 is 0 Å². The molecule has 2 aromatic rings. The fourth-order valence-electron chi connectivity index (χ4n) is 2.09. The van der Waals surface area contributed by atoms with Crippen molar-refractivity contribution >= 4 is 5.70 Å². The first-order valence-corrected chi connectivity index (χ1v) is 5.91. The number of nitrogens with one attached hydrogen (secondary N) is 2.